The Morgan fingerprint density at radius 1 is 1.13 bits per heavy atom. The lowest BCUT2D eigenvalue weighted by molar-refractivity contribution is 0.421. The van der Waals surface area contributed by atoms with E-state index in [0.717, 1.165) is 28.2 Å². The fourth-order valence-corrected chi connectivity index (χ4v) is 3.00. The summed E-state index contributed by atoms with van der Waals surface area (Å²) in [6.45, 7) is 2.32. The summed E-state index contributed by atoms with van der Waals surface area (Å²) in [5, 5.41) is 10.3. The second-order valence-corrected chi connectivity index (χ2v) is 6.17. The Hall–Kier alpha value is -2.66. The molecule has 3 aromatic rings. The van der Waals surface area contributed by atoms with Crippen molar-refractivity contribution < 1.29 is 5.11 Å². The van der Waals surface area contributed by atoms with E-state index in [1.807, 2.05) is 61.5 Å². The molecule has 1 heterocycles. The van der Waals surface area contributed by atoms with Crippen LogP contribution in [0.15, 0.2) is 64.4 Å². The molecule has 0 aliphatic heterocycles. The number of aromatic hydroxyl groups is 1. The lowest BCUT2D eigenvalue weighted by atomic mass is 10.2. The molecular weight excluding hydrogens is 308 g/mol. The second kappa shape index (κ2) is 6.62. The highest BCUT2D eigenvalue weighted by atomic mass is 32.1. The number of aromatic nitrogens is 1. The zero-order valence-corrected chi connectivity index (χ0v) is 13.5. The lowest BCUT2D eigenvalue weighted by Crippen LogP contribution is -2.13. The van der Waals surface area contributed by atoms with Gasteiger partial charge in [0, 0.05) is 0 Å². The molecule has 0 unspecified atom stereocenters. The number of nitrogens with zero attached hydrogens (tertiary/aromatic N) is 2. The van der Waals surface area contributed by atoms with Gasteiger partial charge in [0.25, 0.3) is 0 Å². The first-order valence-electron chi connectivity index (χ1n) is 7.21. The quantitative estimate of drug-likeness (QED) is 0.744. The highest BCUT2D eigenvalue weighted by Crippen LogP contribution is 2.22. The van der Waals surface area contributed by atoms with Gasteiger partial charge in [-0.05, 0) is 24.1 Å². The Morgan fingerprint density at radius 3 is 2.57 bits per heavy atom. The average Bonchev–Trinajstić information content (AvgIpc) is 2.83. The highest BCUT2D eigenvalue weighted by molar-refractivity contribution is 7.11. The van der Waals surface area contributed by atoms with Crippen LogP contribution in [0.25, 0.3) is 0 Å². The molecule has 0 aliphatic rings. The van der Waals surface area contributed by atoms with Crippen LogP contribution >= 0.6 is 11.3 Å². The van der Waals surface area contributed by atoms with Gasteiger partial charge >= 0.3 is 4.87 Å². The van der Waals surface area contributed by atoms with Gasteiger partial charge in [-0.2, -0.15) is 0 Å². The number of rotatable bonds is 4. The number of hydrogen-bond donors (Lipinski definition) is 1. The molecule has 5 heteroatoms. The molecule has 0 amide bonds. The van der Waals surface area contributed by atoms with Gasteiger partial charge in [-0.3, -0.25) is 14.4 Å². The predicted molar refractivity (Wildman–Crippen MR) is 94.2 cm³/mol. The summed E-state index contributed by atoms with van der Waals surface area (Å²) in [7, 11) is 0. The maximum absolute atomic E-state index is 12.1. The van der Waals surface area contributed by atoms with Gasteiger partial charge in [0.1, 0.15) is 4.88 Å². The monoisotopic (exact) mass is 324 g/mol. The van der Waals surface area contributed by atoms with Crippen molar-refractivity contribution in [2.45, 2.75) is 13.5 Å². The van der Waals surface area contributed by atoms with Gasteiger partial charge in [-0.1, -0.05) is 59.9 Å². The summed E-state index contributed by atoms with van der Waals surface area (Å²) < 4.78 is 1.36. The molecule has 0 atom stereocenters. The summed E-state index contributed by atoms with van der Waals surface area (Å²) in [6.07, 6.45) is 1.55. The Bertz CT molecular complexity index is 895. The first-order chi connectivity index (χ1) is 11.1. The highest BCUT2D eigenvalue weighted by Gasteiger charge is 2.12. The summed E-state index contributed by atoms with van der Waals surface area (Å²) in [4.78, 5) is 16.7. The van der Waals surface area contributed by atoms with Gasteiger partial charge in [0.05, 0.1) is 18.4 Å². The minimum absolute atomic E-state index is 0.0406. The van der Waals surface area contributed by atoms with Gasteiger partial charge in [0.15, 0.2) is 0 Å². The standard InChI is InChI=1S/C18H16N2O2S/c1-13-7-5-6-10-15(13)19-11-16-17(21)20(18(22)23-16)12-14-8-3-2-4-9-14/h2-11,21H,12H2,1H3. The fraction of sp³-hybridized carbons (Fsp3) is 0.111. The van der Waals surface area contributed by atoms with Crippen LogP contribution in [0.5, 0.6) is 5.88 Å². The van der Waals surface area contributed by atoms with Crippen molar-refractivity contribution in [3.05, 3.63) is 80.3 Å². The third-order valence-electron chi connectivity index (χ3n) is 3.51. The van der Waals surface area contributed by atoms with Crippen LogP contribution in [0, 0.1) is 6.92 Å². The van der Waals surface area contributed by atoms with E-state index >= 15 is 0 Å². The summed E-state index contributed by atoms with van der Waals surface area (Å²) in [6, 6.07) is 17.3. The predicted octanol–water partition coefficient (Wildman–Crippen LogP) is 3.72. The molecule has 0 fully saturated rings. The largest absolute Gasteiger partial charge is 0.493 e. The van der Waals surface area contributed by atoms with Crippen LogP contribution < -0.4 is 4.87 Å². The van der Waals surface area contributed by atoms with E-state index in [-0.39, 0.29) is 10.8 Å². The number of aryl methyl sites for hydroxylation is 1. The molecule has 116 valence electrons. The Kier molecular flexibility index (Phi) is 4.39. The van der Waals surface area contributed by atoms with Crippen molar-refractivity contribution in [3.8, 4) is 5.88 Å². The lowest BCUT2D eigenvalue weighted by Gasteiger charge is -2.03. The normalized spacial score (nSPS) is 11.2. The van der Waals surface area contributed by atoms with Crippen LogP contribution in [0.3, 0.4) is 0 Å². The first-order valence-corrected chi connectivity index (χ1v) is 8.03. The Balaban J connectivity index is 1.89. The molecule has 3 rings (SSSR count). The third-order valence-corrected chi connectivity index (χ3v) is 4.42. The van der Waals surface area contributed by atoms with Gasteiger partial charge in [-0.25, -0.2) is 0 Å². The Labute approximate surface area is 138 Å². The van der Waals surface area contributed by atoms with Crippen LogP contribution in [0.4, 0.5) is 5.69 Å². The molecule has 1 aromatic heterocycles. The summed E-state index contributed by atoms with van der Waals surface area (Å²) in [5.41, 5.74) is 2.83. The molecule has 0 bridgehead atoms. The van der Waals surface area contributed by atoms with E-state index in [1.165, 1.54) is 4.57 Å². The van der Waals surface area contributed by atoms with Crippen molar-refractivity contribution in [1.82, 2.24) is 4.57 Å². The molecule has 1 N–H and O–H groups in total. The minimum atomic E-state index is -0.197. The molecule has 4 nitrogen and oxygen atoms in total. The number of hydrogen-bond acceptors (Lipinski definition) is 4. The third kappa shape index (κ3) is 3.40. The van der Waals surface area contributed by atoms with E-state index < -0.39 is 0 Å². The van der Waals surface area contributed by atoms with Gasteiger partial charge in [-0.15, -0.1) is 0 Å². The second-order valence-electron chi connectivity index (χ2n) is 5.17. The molecule has 0 saturated carbocycles. The van der Waals surface area contributed by atoms with Crippen LogP contribution in [0.2, 0.25) is 0 Å². The molecule has 23 heavy (non-hydrogen) atoms. The fourth-order valence-electron chi connectivity index (χ4n) is 2.24. The maximum atomic E-state index is 12.1. The van der Waals surface area contributed by atoms with Crippen molar-refractivity contribution in [1.29, 1.82) is 0 Å². The Morgan fingerprint density at radius 2 is 1.83 bits per heavy atom. The van der Waals surface area contributed by atoms with Gasteiger partial charge in [0.2, 0.25) is 5.88 Å². The van der Waals surface area contributed by atoms with Crippen molar-refractivity contribution >= 4 is 23.2 Å². The number of aliphatic imine (C=N–C) groups is 1. The van der Waals surface area contributed by atoms with Crippen molar-refractivity contribution in [2.24, 2.45) is 4.99 Å². The zero-order valence-electron chi connectivity index (χ0n) is 12.6. The molecule has 0 spiro atoms. The maximum Gasteiger partial charge on any atom is 0.310 e. The van der Waals surface area contributed by atoms with E-state index in [4.69, 9.17) is 0 Å². The van der Waals surface area contributed by atoms with Crippen molar-refractivity contribution in [2.75, 3.05) is 0 Å². The van der Waals surface area contributed by atoms with Crippen LogP contribution in [-0.2, 0) is 6.54 Å². The minimum Gasteiger partial charge on any atom is -0.493 e. The number of para-hydroxylation sites is 1. The van der Waals surface area contributed by atoms with E-state index in [2.05, 4.69) is 4.99 Å². The average molecular weight is 324 g/mol. The molecule has 0 saturated heterocycles. The molecule has 0 aliphatic carbocycles. The molecular formula is C18H16N2O2S. The summed E-state index contributed by atoms with van der Waals surface area (Å²) in [5.74, 6) is -0.0406. The number of benzene rings is 2. The van der Waals surface area contributed by atoms with Gasteiger partial charge < -0.3 is 5.11 Å². The first kappa shape index (κ1) is 15.2. The SMILES string of the molecule is Cc1ccccc1N=Cc1sc(=O)n(Cc2ccccc2)c1O. The summed E-state index contributed by atoms with van der Waals surface area (Å²) >= 11 is 0.993. The van der Waals surface area contributed by atoms with Crippen molar-refractivity contribution in [3.63, 3.8) is 0 Å². The number of thiazole rings is 1. The van der Waals surface area contributed by atoms with E-state index in [0.29, 0.717) is 11.4 Å². The van der Waals surface area contributed by atoms with Crippen LogP contribution in [-0.4, -0.2) is 15.9 Å². The molecule has 0 radical (unpaired) electrons. The zero-order chi connectivity index (χ0) is 16.2. The smallest absolute Gasteiger partial charge is 0.310 e. The van der Waals surface area contributed by atoms with E-state index in [9.17, 15) is 9.90 Å². The topological polar surface area (TPSA) is 54.6 Å². The van der Waals surface area contributed by atoms with E-state index in [1.54, 1.807) is 6.21 Å². The van der Waals surface area contributed by atoms with Crippen LogP contribution in [0.1, 0.15) is 16.0 Å². The molecule has 2 aromatic carbocycles.